The average Bonchev–Trinajstić information content (AvgIpc) is 3.64. The number of halogens is 2. The number of benzene rings is 2. The summed E-state index contributed by atoms with van der Waals surface area (Å²) in [6.45, 7) is 7.78. The monoisotopic (exact) mass is 672 g/mol. The average molecular weight is 673 g/mol. The van der Waals surface area contributed by atoms with Crippen molar-refractivity contribution in [2.24, 2.45) is 4.36 Å². The van der Waals surface area contributed by atoms with Crippen molar-refractivity contribution in [2.45, 2.75) is 56.8 Å². The van der Waals surface area contributed by atoms with E-state index < -0.39 is 53.9 Å². The highest BCUT2D eigenvalue weighted by Crippen LogP contribution is 2.34. The predicted molar refractivity (Wildman–Crippen MR) is 174 cm³/mol. The number of aliphatic hydroxyl groups excluding tert-OH is 1. The van der Waals surface area contributed by atoms with E-state index in [-0.39, 0.29) is 37.3 Å². The highest BCUT2D eigenvalue weighted by Gasteiger charge is 2.49. The topological polar surface area (TPSA) is 117 Å². The van der Waals surface area contributed by atoms with Crippen LogP contribution in [0, 0.1) is 11.6 Å². The molecular formula is C32H38F2N4O6SSi. The standard InChI is InChI=1S/C32H38F2N4O6SSi/c1-45(2,40)37-21-10-11-22(23(33)14-21)19-6-8-20(9-7-19)28-24(34)15-25-31(35-28)36-32(38(25)18-41-12-13-46(3,4)5)44-27-17-43-29-26(39)16-42-30(27)29/h6-11,14-15,26-27,29-30,39H,12-13,16-18H2,1-5H3/t26-,27-,29-,30-/m1/s1. The zero-order valence-corrected chi connectivity index (χ0v) is 28.2. The Morgan fingerprint density at radius 1 is 1.00 bits per heavy atom. The Bertz CT molecular complexity index is 1870. The summed E-state index contributed by atoms with van der Waals surface area (Å²) in [5.74, 6) is -1.08. The maximum atomic E-state index is 15.7. The molecule has 0 bridgehead atoms. The molecular weight excluding hydrogens is 635 g/mol. The Hall–Kier alpha value is -3.27. The molecule has 1 N–H and O–H groups in total. The van der Waals surface area contributed by atoms with Crippen LogP contribution < -0.4 is 4.74 Å². The largest absolute Gasteiger partial charge is 0.456 e. The van der Waals surface area contributed by atoms with Gasteiger partial charge in [-0.15, -0.1) is 0 Å². The van der Waals surface area contributed by atoms with Gasteiger partial charge in [0.25, 0.3) is 0 Å². The van der Waals surface area contributed by atoms with E-state index in [2.05, 4.69) is 34.0 Å². The molecule has 0 spiro atoms. The maximum Gasteiger partial charge on any atom is 0.301 e. The van der Waals surface area contributed by atoms with Crippen molar-refractivity contribution in [3.63, 3.8) is 0 Å². The molecule has 2 aliphatic rings. The summed E-state index contributed by atoms with van der Waals surface area (Å²) in [4.78, 5) is 9.17. The van der Waals surface area contributed by atoms with Crippen LogP contribution in [0.15, 0.2) is 52.9 Å². The maximum absolute atomic E-state index is 15.7. The zero-order chi connectivity index (χ0) is 32.8. The Morgan fingerprint density at radius 3 is 2.41 bits per heavy atom. The Balaban J connectivity index is 1.29. The van der Waals surface area contributed by atoms with Gasteiger partial charge in [-0.05, 0) is 23.7 Å². The normalized spacial score (nSPS) is 21.6. The van der Waals surface area contributed by atoms with Gasteiger partial charge in [0.15, 0.2) is 17.6 Å². The first-order chi connectivity index (χ1) is 21.8. The molecule has 0 aliphatic carbocycles. The van der Waals surface area contributed by atoms with Gasteiger partial charge in [-0.3, -0.25) is 4.57 Å². The zero-order valence-electron chi connectivity index (χ0n) is 26.4. The van der Waals surface area contributed by atoms with Gasteiger partial charge >= 0.3 is 6.01 Å². The summed E-state index contributed by atoms with van der Waals surface area (Å²) in [5.41, 5.74) is 2.44. The minimum Gasteiger partial charge on any atom is -0.456 e. The highest BCUT2D eigenvalue weighted by atomic mass is 32.2. The molecule has 0 saturated carbocycles. The molecule has 0 amide bonds. The van der Waals surface area contributed by atoms with E-state index in [1.807, 2.05) is 0 Å². The van der Waals surface area contributed by atoms with Crippen LogP contribution in [0.25, 0.3) is 33.5 Å². The molecule has 6 rings (SSSR count). The van der Waals surface area contributed by atoms with E-state index in [4.69, 9.17) is 18.9 Å². The van der Waals surface area contributed by atoms with E-state index in [9.17, 15) is 13.7 Å². The number of hydrogen-bond donors (Lipinski definition) is 1. The molecule has 2 aliphatic heterocycles. The molecule has 10 nitrogen and oxygen atoms in total. The van der Waals surface area contributed by atoms with Crippen LogP contribution in [0.5, 0.6) is 6.01 Å². The lowest BCUT2D eigenvalue weighted by atomic mass is 10.0. The minimum atomic E-state index is -2.43. The van der Waals surface area contributed by atoms with Crippen molar-refractivity contribution in [1.29, 1.82) is 0 Å². The number of nitrogens with zero attached hydrogens (tertiary/aromatic N) is 4. The fourth-order valence-corrected chi connectivity index (χ4v) is 6.87. The smallest absolute Gasteiger partial charge is 0.301 e. The molecule has 2 aromatic carbocycles. The third-order valence-corrected chi connectivity index (χ3v) is 10.2. The number of ether oxygens (including phenoxy) is 4. The molecule has 2 fully saturated rings. The number of hydrogen-bond acceptors (Lipinski definition) is 9. The number of imidazole rings is 1. The van der Waals surface area contributed by atoms with Gasteiger partial charge in [0.05, 0.1) is 24.4 Å². The SMILES string of the molecule is C[Si](C)(C)CCOCn1c(O[C@@H]2CO[C@H]3[C@@H]2OC[C@H]3O)nc2nc(-c3ccc(-c4ccc(N=S(C)(C)=O)cc4F)cc3)c(F)cc21. The van der Waals surface area contributed by atoms with Gasteiger partial charge in [-0.1, -0.05) is 43.9 Å². The van der Waals surface area contributed by atoms with Crippen LogP contribution in [0.2, 0.25) is 25.7 Å². The van der Waals surface area contributed by atoms with Crippen molar-refractivity contribution >= 4 is 34.7 Å². The van der Waals surface area contributed by atoms with E-state index in [1.54, 1.807) is 41.0 Å². The van der Waals surface area contributed by atoms with Crippen molar-refractivity contribution in [3.8, 4) is 28.4 Å². The molecule has 4 aromatic rings. The Morgan fingerprint density at radius 2 is 1.72 bits per heavy atom. The number of rotatable bonds is 10. The summed E-state index contributed by atoms with van der Waals surface area (Å²) < 4.78 is 72.0. The molecule has 4 heterocycles. The second-order valence-electron chi connectivity index (χ2n) is 13.2. The molecule has 0 radical (unpaired) electrons. The van der Waals surface area contributed by atoms with Crippen LogP contribution in [-0.4, -0.2) is 88.7 Å². The van der Waals surface area contributed by atoms with E-state index in [0.29, 0.717) is 34.5 Å². The quantitative estimate of drug-likeness (QED) is 0.171. The van der Waals surface area contributed by atoms with Gasteiger partial charge in [0.2, 0.25) is 0 Å². The number of aliphatic hydroxyl groups is 1. The molecule has 4 atom stereocenters. The van der Waals surface area contributed by atoms with E-state index >= 15 is 4.39 Å². The first-order valence-electron chi connectivity index (χ1n) is 15.1. The number of pyridine rings is 1. The lowest BCUT2D eigenvalue weighted by Gasteiger charge is -2.19. The van der Waals surface area contributed by atoms with Crippen molar-refractivity contribution in [1.82, 2.24) is 14.5 Å². The summed E-state index contributed by atoms with van der Waals surface area (Å²) >= 11 is 0. The Kier molecular flexibility index (Phi) is 9.04. The van der Waals surface area contributed by atoms with Gasteiger partial charge < -0.3 is 24.1 Å². The van der Waals surface area contributed by atoms with Gasteiger partial charge in [0.1, 0.15) is 36.6 Å². The van der Waals surface area contributed by atoms with Gasteiger partial charge in [-0.25, -0.2) is 18.0 Å². The van der Waals surface area contributed by atoms with Gasteiger partial charge in [-0.2, -0.15) is 9.35 Å². The van der Waals surface area contributed by atoms with Crippen LogP contribution >= 0.6 is 0 Å². The highest BCUT2D eigenvalue weighted by molar-refractivity contribution is 7.92. The number of fused-ring (bicyclic) bond motifs is 2. The van der Waals surface area contributed by atoms with Gasteiger partial charge in [0, 0.05) is 60.2 Å². The molecule has 0 unspecified atom stereocenters. The van der Waals surface area contributed by atoms with Crippen LogP contribution in [0.4, 0.5) is 14.5 Å². The fraction of sp³-hybridized carbons (Fsp3) is 0.438. The number of aromatic nitrogens is 3. The second-order valence-corrected chi connectivity index (χ2v) is 21.3. The summed E-state index contributed by atoms with van der Waals surface area (Å²) in [6, 6.07) is 13.6. The summed E-state index contributed by atoms with van der Waals surface area (Å²) in [7, 11) is -3.76. The summed E-state index contributed by atoms with van der Waals surface area (Å²) in [6.07, 6.45) is 0.792. The van der Waals surface area contributed by atoms with Crippen molar-refractivity contribution in [2.75, 3.05) is 32.3 Å². The molecule has 46 heavy (non-hydrogen) atoms. The lowest BCUT2D eigenvalue weighted by Crippen LogP contribution is -2.35. The third kappa shape index (κ3) is 7.16. The Labute approximate surface area is 267 Å². The van der Waals surface area contributed by atoms with Crippen LogP contribution in [0.3, 0.4) is 0 Å². The first kappa shape index (κ1) is 32.7. The predicted octanol–water partition coefficient (Wildman–Crippen LogP) is 5.62. The van der Waals surface area contributed by atoms with Crippen molar-refractivity contribution < 1.29 is 37.0 Å². The lowest BCUT2D eigenvalue weighted by molar-refractivity contribution is 0.00339. The van der Waals surface area contributed by atoms with Crippen molar-refractivity contribution in [3.05, 3.63) is 60.2 Å². The summed E-state index contributed by atoms with van der Waals surface area (Å²) in [5, 5.41) is 10.1. The molecule has 2 saturated heterocycles. The van der Waals surface area contributed by atoms with E-state index in [1.165, 1.54) is 24.6 Å². The third-order valence-electron chi connectivity index (χ3n) is 7.86. The second kappa shape index (κ2) is 12.7. The first-order valence-corrected chi connectivity index (χ1v) is 21.1. The molecule has 14 heteroatoms. The van der Waals surface area contributed by atoms with E-state index in [0.717, 1.165) is 6.04 Å². The molecule has 246 valence electrons. The minimum absolute atomic E-state index is 0.0803. The fourth-order valence-electron chi connectivity index (χ4n) is 5.49. The van der Waals surface area contributed by atoms with Crippen LogP contribution in [-0.2, 0) is 30.7 Å². The molecule has 2 aromatic heterocycles. The van der Waals surface area contributed by atoms with Crippen LogP contribution in [0.1, 0.15) is 0 Å².